The summed E-state index contributed by atoms with van der Waals surface area (Å²) in [6.07, 6.45) is -12.5. The van der Waals surface area contributed by atoms with Crippen LogP contribution in [0.3, 0.4) is 0 Å². The van der Waals surface area contributed by atoms with Crippen molar-refractivity contribution < 1.29 is 92.4 Å². The average Bonchev–Trinajstić information content (AvgIpc) is 3.04. The highest BCUT2D eigenvalue weighted by molar-refractivity contribution is 7.95. The van der Waals surface area contributed by atoms with Crippen LogP contribution in [0.15, 0.2) is 0 Å². The predicted octanol–water partition coefficient (Wildman–Crippen LogP) is 4.49. The van der Waals surface area contributed by atoms with E-state index in [9.17, 15) is 35.1 Å². The van der Waals surface area contributed by atoms with Gasteiger partial charge in [-0.2, -0.15) is 35.1 Å². The Bertz CT molecular complexity index is 806. The lowest BCUT2D eigenvalue weighted by Crippen LogP contribution is -2.52. The molecule has 13 nitrogen and oxygen atoms in total. The molecular formula is C27H47F8NO12S. The van der Waals surface area contributed by atoms with Crippen molar-refractivity contribution in [3.05, 3.63) is 0 Å². The third kappa shape index (κ3) is 20.2. The second-order valence-electron chi connectivity index (χ2n) is 10.5. The lowest BCUT2D eigenvalue weighted by atomic mass is 10.1. The fraction of sp³-hybridized carbons (Fsp3) is 1.00. The largest absolute Gasteiger partial charge is 0.436 e. The first kappa shape index (κ1) is 46.3. The number of piperidine rings is 1. The van der Waals surface area contributed by atoms with Crippen LogP contribution in [0.2, 0.25) is 0 Å². The zero-order valence-electron chi connectivity index (χ0n) is 27.4. The van der Waals surface area contributed by atoms with E-state index in [-0.39, 0.29) is 39.6 Å². The van der Waals surface area contributed by atoms with Gasteiger partial charge in [0.1, 0.15) is 18.1 Å². The zero-order chi connectivity index (χ0) is 36.7. The number of rotatable bonds is 14. The van der Waals surface area contributed by atoms with Crippen LogP contribution in [0.1, 0.15) is 25.7 Å². The predicted molar refractivity (Wildman–Crippen MR) is 155 cm³/mol. The van der Waals surface area contributed by atoms with Gasteiger partial charge in [-0.05, 0) is 26.3 Å². The zero-order valence-corrected chi connectivity index (χ0v) is 28.2. The first-order valence-electron chi connectivity index (χ1n) is 15.3. The summed E-state index contributed by atoms with van der Waals surface area (Å²) in [6, 6.07) is 0. The smallest absolute Gasteiger partial charge is 0.381 e. The van der Waals surface area contributed by atoms with E-state index in [2.05, 4.69) is 26.1 Å². The highest BCUT2D eigenvalue weighted by atomic mass is 32.2. The topological polar surface area (TPSA) is 125 Å². The van der Waals surface area contributed by atoms with Gasteiger partial charge in [0.25, 0.3) is 0 Å². The molecule has 0 spiro atoms. The summed E-state index contributed by atoms with van der Waals surface area (Å²) >= 11 is -1.64. The van der Waals surface area contributed by atoms with Crippen LogP contribution in [-0.2, 0) is 52.0 Å². The molecular weight excluding hydrogens is 714 g/mol. The molecule has 2 rings (SSSR count). The molecule has 22 heteroatoms. The Kier molecular flexibility index (Phi) is 23.9. The Morgan fingerprint density at radius 2 is 1.27 bits per heavy atom. The number of halogens is 8. The Labute approximate surface area is 284 Å². The number of likely N-dealkylation sites (tertiary alicyclic amines) is 1. The molecule has 0 saturated carbocycles. The summed E-state index contributed by atoms with van der Waals surface area (Å²) in [4.78, 5) is 2.34. The molecule has 0 aromatic carbocycles. The van der Waals surface area contributed by atoms with Gasteiger partial charge in [0.15, 0.2) is 0 Å². The molecule has 1 N–H and O–H groups in total. The van der Waals surface area contributed by atoms with Crippen LogP contribution in [0.25, 0.3) is 0 Å². The molecule has 0 amide bonds. The van der Waals surface area contributed by atoms with E-state index in [0.29, 0.717) is 45.7 Å². The van der Waals surface area contributed by atoms with Crippen molar-refractivity contribution in [1.29, 1.82) is 0 Å². The monoisotopic (exact) mass is 761 g/mol. The molecule has 294 valence electrons. The van der Waals surface area contributed by atoms with Crippen LogP contribution in [0.5, 0.6) is 0 Å². The number of nitrogens with zero attached hydrogens (tertiary/aromatic N) is 1. The van der Waals surface area contributed by atoms with Gasteiger partial charge in [-0.25, -0.2) is 9.99 Å². The number of methoxy groups -OCH3 is 1. The van der Waals surface area contributed by atoms with E-state index in [1.165, 1.54) is 25.9 Å². The van der Waals surface area contributed by atoms with Crippen molar-refractivity contribution in [2.24, 2.45) is 0 Å². The lowest BCUT2D eigenvalue weighted by molar-refractivity contribution is -0.461. The van der Waals surface area contributed by atoms with E-state index in [1.807, 2.05) is 0 Å². The summed E-state index contributed by atoms with van der Waals surface area (Å²) < 4.78 is 156. The fourth-order valence-electron chi connectivity index (χ4n) is 3.89. The number of hydrogen-bond donors (Lipinski definition) is 1. The van der Waals surface area contributed by atoms with Crippen molar-refractivity contribution >= 4 is 12.0 Å². The maximum Gasteiger partial charge on any atom is 0.436 e. The minimum absolute atomic E-state index is 0.00260. The molecule has 1 unspecified atom stereocenters. The normalized spacial score (nSPS) is 21.7. The Balaban J connectivity index is 0.00000114. The molecule has 2 fully saturated rings. The molecule has 0 radical (unpaired) electrons. The van der Waals surface area contributed by atoms with E-state index in [4.69, 9.17) is 43.2 Å². The quantitative estimate of drug-likeness (QED) is 0.0879. The standard InChI is InChI=1S/C20H32F8O11S.C7H15NO/c21-17(22,18(23,24)37-19(25,26)20(27,28)40-39-38-29)2-1-3-34-14-16-15-35-11-10-32-7-6-30-4-5-31-8-9-33-12-13-36-16;1-8-5-3-7(9-2)4-6-8/h16,29H,1-15H2;7H,3-6H2,1-2H3. The average molecular weight is 762 g/mol. The number of alkyl halides is 8. The van der Waals surface area contributed by atoms with Gasteiger partial charge >= 0.3 is 23.4 Å². The first-order chi connectivity index (χ1) is 23.2. The van der Waals surface area contributed by atoms with Crippen molar-refractivity contribution in [3.63, 3.8) is 0 Å². The summed E-state index contributed by atoms with van der Waals surface area (Å²) in [5.41, 5.74) is 0. The summed E-state index contributed by atoms with van der Waals surface area (Å²) in [5.74, 6) is -5.29. The van der Waals surface area contributed by atoms with Crippen molar-refractivity contribution in [2.75, 3.05) is 113 Å². The third-order valence-electron chi connectivity index (χ3n) is 6.65. The van der Waals surface area contributed by atoms with Crippen molar-refractivity contribution in [1.82, 2.24) is 4.90 Å². The molecule has 0 bridgehead atoms. The van der Waals surface area contributed by atoms with E-state index < -0.39 is 61.0 Å². The third-order valence-corrected chi connectivity index (χ3v) is 7.22. The molecule has 49 heavy (non-hydrogen) atoms. The van der Waals surface area contributed by atoms with Gasteiger partial charge in [-0.3, -0.25) is 0 Å². The first-order valence-corrected chi connectivity index (χ1v) is 16.1. The van der Waals surface area contributed by atoms with Gasteiger partial charge < -0.3 is 42.8 Å². The maximum atomic E-state index is 13.9. The Morgan fingerprint density at radius 3 is 1.78 bits per heavy atom. The van der Waals surface area contributed by atoms with Gasteiger partial charge in [0.05, 0.1) is 85.4 Å². The van der Waals surface area contributed by atoms with Crippen LogP contribution in [0, 0.1) is 0 Å². The summed E-state index contributed by atoms with van der Waals surface area (Å²) in [5, 5.41) is 4.75. The molecule has 0 aromatic rings. The minimum atomic E-state index is -6.14. The molecule has 2 saturated heterocycles. The lowest BCUT2D eigenvalue weighted by Gasteiger charge is -2.31. The molecule has 2 aliphatic heterocycles. The van der Waals surface area contributed by atoms with Crippen LogP contribution in [0.4, 0.5) is 35.1 Å². The van der Waals surface area contributed by atoms with Gasteiger partial charge in [0, 0.05) is 33.2 Å². The number of ether oxygens (including phenoxy) is 9. The van der Waals surface area contributed by atoms with E-state index in [0.717, 1.165) is 0 Å². The molecule has 2 aliphatic rings. The van der Waals surface area contributed by atoms with Crippen LogP contribution in [-0.4, -0.2) is 159 Å². The molecule has 2 heterocycles. The van der Waals surface area contributed by atoms with Crippen molar-refractivity contribution in [3.8, 4) is 0 Å². The SMILES string of the molecule is COC1CCN(C)CC1.OOOSC(F)(F)C(F)(F)OC(F)(F)C(F)(F)CCCOCC1COCCOCCOCCOCCOCCO1. The molecule has 0 aliphatic carbocycles. The second kappa shape index (κ2) is 25.3. The minimum Gasteiger partial charge on any atom is -0.381 e. The van der Waals surface area contributed by atoms with Crippen molar-refractivity contribution in [2.45, 2.75) is 61.3 Å². The number of hydrogen-bond acceptors (Lipinski definition) is 14. The van der Waals surface area contributed by atoms with Gasteiger partial charge in [0.2, 0.25) is 0 Å². The van der Waals surface area contributed by atoms with E-state index >= 15 is 0 Å². The highest BCUT2D eigenvalue weighted by Gasteiger charge is 2.69. The summed E-state index contributed by atoms with van der Waals surface area (Å²) in [6.45, 7) is 4.43. The fourth-order valence-corrected chi connectivity index (χ4v) is 4.15. The summed E-state index contributed by atoms with van der Waals surface area (Å²) in [7, 11) is 3.96. The highest BCUT2D eigenvalue weighted by Crippen LogP contribution is 2.50. The van der Waals surface area contributed by atoms with Gasteiger partial charge in [-0.1, -0.05) is 5.04 Å². The van der Waals surface area contributed by atoms with Gasteiger partial charge in [-0.15, -0.1) is 4.33 Å². The Morgan fingerprint density at radius 1 is 0.755 bits per heavy atom. The van der Waals surface area contributed by atoms with Crippen LogP contribution >= 0.6 is 12.0 Å². The molecule has 1 atom stereocenters. The van der Waals surface area contributed by atoms with Crippen LogP contribution < -0.4 is 0 Å². The Hall–Kier alpha value is -0.730. The second-order valence-corrected chi connectivity index (χ2v) is 11.3. The maximum absolute atomic E-state index is 13.9. The molecule has 0 aromatic heterocycles. The van der Waals surface area contributed by atoms with E-state index in [1.54, 1.807) is 7.11 Å².